The highest BCUT2D eigenvalue weighted by molar-refractivity contribution is 5.46. The maximum Gasteiger partial charge on any atom is 0.299 e. The van der Waals surface area contributed by atoms with Crippen molar-refractivity contribution in [1.29, 1.82) is 0 Å². The molecule has 0 spiro atoms. The predicted octanol–water partition coefficient (Wildman–Crippen LogP) is 2.91. The van der Waals surface area contributed by atoms with Gasteiger partial charge in [0.1, 0.15) is 5.82 Å². The molecule has 4 rings (SSSR count). The largest absolute Gasteiger partial charge is 0.358 e. The van der Waals surface area contributed by atoms with Crippen molar-refractivity contribution in [2.75, 3.05) is 5.32 Å². The van der Waals surface area contributed by atoms with Gasteiger partial charge in [-0.15, -0.1) is 25.5 Å². The molecular formula is C16H16F2N8. The van der Waals surface area contributed by atoms with Gasteiger partial charge in [0.05, 0.1) is 6.04 Å². The summed E-state index contributed by atoms with van der Waals surface area (Å²) in [6.07, 6.45) is -0.873. The third kappa shape index (κ3) is 2.72. The molecule has 0 aliphatic heterocycles. The summed E-state index contributed by atoms with van der Waals surface area (Å²) in [5.41, 5.74) is 0.997. The second kappa shape index (κ2) is 6.28. The van der Waals surface area contributed by atoms with Gasteiger partial charge in [-0.3, -0.25) is 4.40 Å². The Labute approximate surface area is 146 Å². The molecule has 0 radical (unpaired) electrons. The number of fused-ring (bicyclic) bond motifs is 2. The van der Waals surface area contributed by atoms with Crippen molar-refractivity contribution in [3.05, 3.63) is 48.2 Å². The Bertz CT molecular complexity index is 1050. The van der Waals surface area contributed by atoms with E-state index >= 15 is 0 Å². The van der Waals surface area contributed by atoms with Gasteiger partial charge in [-0.25, -0.2) is 8.78 Å². The summed E-state index contributed by atoms with van der Waals surface area (Å²) in [6, 6.07) is 8.70. The first-order valence-corrected chi connectivity index (χ1v) is 8.11. The van der Waals surface area contributed by atoms with Crippen LogP contribution in [0, 0.1) is 5.92 Å². The molecule has 10 heteroatoms. The number of halogens is 2. The first-order valence-electron chi connectivity index (χ1n) is 8.11. The zero-order chi connectivity index (χ0) is 18.3. The number of alkyl halides is 2. The zero-order valence-corrected chi connectivity index (χ0v) is 14.1. The van der Waals surface area contributed by atoms with E-state index in [4.69, 9.17) is 0 Å². The number of nitrogens with zero attached hydrogens (tertiary/aromatic N) is 7. The topological polar surface area (TPSA) is 85.3 Å². The molecule has 1 unspecified atom stereocenters. The summed E-state index contributed by atoms with van der Waals surface area (Å²) in [4.78, 5) is 0. The van der Waals surface area contributed by atoms with E-state index in [9.17, 15) is 8.78 Å². The number of anilines is 1. The molecule has 0 bridgehead atoms. The van der Waals surface area contributed by atoms with Crippen LogP contribution >= 0.6 is 0 Å². The van der Waals surface area contributed by atoms with E-state index in [-0.39, 0.29) is 17.6 Å². The number of hydrogen-bond donors (Lipinski definition) is 1. The maximum absolute atomic E-state index is 13.0. The van der Waals surface area contributed by atoms with Crippen molar-refractivity contribution in [1.82, 2.24) is 34.4 Å². The van der Waals surface area contributed by atoms with Crippen molar-refractivity contribution >= 4 is 17.1 Å². The van der Waals surface area contributed by atoms with E-state index in [1.165, 1.54) is 0 Å². The van der Waals surface area contributed by atoms with Crippen molar-refractivity contribution in [2.24, 2.45) is 5.92 Å². The van der Waals surface area contributed by atoms with E-state index in [2.05, 4.69) is 30.8 Å². The minimum atomic E-state index is -2.76. The molecule has 4 heterocycles. The number of rotatable bonds is 5. The van der Waals surface area contributed by atoms with Crippen LogP contribution in [0.25, 0.3) is 11.3 Å². The van der Waals surface area contributed by atoms with E-state index < -0.39 is 12.2 Å². The van der Waals surface area contributed by atoms with Crippen LogP contribution in [0.4, 0.5) is 14.6 Å². The molecule has 0 aliphatic carbocycles. The lowest BCUT2D eigenvalue weighted by Gasteiger charge is -2.21. The van der Waals surface area contributed by atoms with Gasteiger partial charge in [-0.05, 0) is 30.2 Å². The van der Waals surface area contributed by atoms with Gasteiger partial charge in [-0.1, -0.05) is 19.9 Å². The monoisotopic (exact) mass is 358 g/mol. The molecule has 1 atom stereocenters. The van der Waals surface area contributed by atoms with Crippen LogP contribution in [0.2, 0.25) is 0 Å². The molecule has 134 valence electrons. The minimum absolute atomic E-state index is 0.149. The fourth-order valence-electron chi connectivity index (χ4n) is 2.78. The lowest BCUT2D eigenvalue weighted by atomic mass is 10.0. The molecular weight excluding hydrogens is 342 g/mol. The van der Waals surface area contributed by atoms with Gasteiger partial charge < -0.3 is 5.32 Å². The van der Waals surface area contributed by atoms with Crippen LogP contribution in [0.1, 0.15) is 38.0 Å². The molecule has 0 aromatic carbocycles. The lowest BCUT2D eigenvalue weighted by Crippen LogP contribution is -2.21. The zero-order valence-electron chi connectivity index (χ0n) is 14.1. The smallest absolute Gasteiger partial charge is 0.299 e. The molecule has 0 saturated carbocycles. The quantitative estimate of drug-likeness (QED) is 0.590. The fraction of sp³-hybridized carbons (Fsp3) is 0.312. The Morgan fingerprint density at radius 3 is 2.46 bits per heavy atom. The average molecular weight is 358 g/mol. The molecule has 26 heavy (non-hydrogen) atoms. The summed E-state index contributed by atoms with van der Waals surface area (Å²) in [5, 5.41) is 23.1. The van der Waals surface area contributed by atoms with Crippen LogP contribution in [0.15, 0.2) is 36.5 Å². The van der Waals surface area contributed by atoms with Crippen LogP contribution in [-0.2, 0) is 0 Å². The molecule has 8 nitrogen and oxygen atoms in total. The highest BCUT2D eigenvalue weighted by Crippen LogP contribution is 2.25. The summed E-state index contributed by atoms with van der Waals surface area (Å²) in [6.45, 7) is 4.06. The SMILES string of the molecule is CC(C)C(Nc1ccc2nnc(C(F)F)n2n1)c1nnc2ccccn12. The molecule has 4 aromatic heterocycles. The summed E-state index contributed by atoms with van der Waals surface area (Å²) in [5.74, 6) is 0.800. The molecule has 4 aromatic rings. The highest BCUT2D eigenvalue weighted by atomic mass is 19.3. The first-order chi connectivity index (χ1) is 12.5. The second-order valence-electron chi connectivity index (χ2n) is 6.20. The minimum Gasteiger partial charge on any atom is -0.358 e. The van der Waals surface area contributed by atoms with Crippen molar-refractivity contribution in [3.8, 4) is 0 Å². The Morgan fingerprint density at radius 2 is 1.69 bits per heavy atom. The Balaban J connectivity index is 1.73. The fourth-order valence-corrected chi connectivity index (χ4v) is 2.78. The van der Waals surface area contributed by atoms with E-state index in [0.717, 1.165) is 16.0 Å². The third-order valence-corrected chi connectivity index (χ3v) is 4.07. The van der Waals surface area contributed by atoms with Crippen molar-refractivity contribution in [3.63, 3.8) is 0 Å². The van der Waals surface area contributed by atoms with Gasteiger partial charge in [0, 0.05) is 6.20 Å². The average Bonchev–Trinajstić information content (AvgIpc) is 3.23. The Morgan fingerprint density at radius 1 is 0.923 bits per heavy atom. The van der Waals surface area contributed by atoms with Crippen LogP contribution in [-0.4, -0.2) is 34.4 Å². The van der Waals surface area contributed by atoms with Gasteiger partial charge in [0.2, 0.25) is 5.82 Å². The highest BCUT2D eigenvalue weighted by Gasteiger charge is 2.23. The summed E-state index contributed by atoms with van der Waals surface area (Å²) in [7, 11) is 0. The van der Waals surface area contributed by atoms with Crippen LogP contribution in [0.5, 0.6) is 0 Å². The standard InChI is InChI=1S/C16H16F2N8/c1-9(2)13(15-22-20-11-5-3-4-8-25(11)15)19-10-6-7-12-21-23-16(14(17)18)26(12)24-10/h3-9,13-14H,1-2H3,(H,19,24). The molecule has 0 aliphatic rings. The first kappa shape index (κ1) is 16.3. The molecule has 1 N–H and O–H groups in total. The van der Waals surface area contributed by atoms with Gasteiger partial charge in [0.25, 0.3) is 6.43 Å². The number of pyridine rings is 1. The van der Waals surface area contributed by atoms with Gasteiger partial charge in [-0.2, -0.15) is 4.52 Å². The Hall–Kier alpha value is -3.17. The predicted molar refractivity (Wildman–Crippen MR) is 89.9 cm³/mol. The summed E-state index contributed by atoms with van der Waals surface area (Å²) < 4.78 is 29.0. The van der Waals surface area contributed by atoms with Gasteiger partial charge >= 0.3 is 0 Å². The van der Waals surface area contributed by atoms with E-state index in [0.29, 0.717) is 5.82 Å². The number of hydrogen-bond acceptors (Lipinski definition) is 6. The lowest BCUT2D eigenvalue weighted by molar-refractivity contribution is 0.137. The molecule has 0 saturated heterocycles. The third-order valence-electron chi connectivity index (χ3n) is 4.07. The van der Waals surface area contributed by atoms with E-state index in [1.807, 2.05) is 42.6 Å². The molecule has 0 fully saturated rings. The maximum atomic E-state index is 13.0. The van der Waals surface area contributed by atoms with Crippen molar-refractivity contribution < 1.29 is 8.78 Å². The number of aromatic nitrogens is 7. The van der Waals surface area contributed by atoms with Crippen LogP contribution < -0.4 is 5.32 Å². The van der Waals surface area contributed by atoms with Gasteiger partial charge in [0.15, 0.2) is 17.1 Å². The molecule has 0 amide bonds. The van der Waals surface area contributed by atoms with Crippen LogP contribution in [0.3, 0.4) is 0 Å². The Kier molecular flexibility index (Phi) is 3.94. The van der Waals surface area contributed by atoms with Crippen molar-refractivity contribution in [2.45, 2.75) is 26.3 Å². The normalized spacial score (nSPS) is 13.2. The number of nitrogens with one attached hydrogen (secondary N) is 1. The summed E-state index contributed by atoms with van der Waals surface area (Å²) >= 11 is 0. The van der Waals surface area contributed by atoms with E-state index in [1.54, 1.807) is 12.1 Å². The second-order valence-corrected chi connectivity index (χ2v) is 6.20.